The molecule has 1 fully saturated rings. The molecule has 1 aliphatic heterocycles. The van der Waals surface area contributed by atoms with Crippen LogP contribution in [-0.4, -0.2) is 52.1 Å². The molecule has 0 saturated carbocycles. The number of hydrogen-bond acceptors (Lipinski definition) is 4. The van der Waals surface area contributed by atoms with Crippen molar-refractivity contribution in [2.24, 2.45) is 5.41 Å². The van der Waals surface area contributed by atoms with E-state index in [0.717, 1.165) is 0 Å². The van der Waals surface area contributed by atoms with E-state index in [2.05, 4.69) is 0 Å². The zero-order valence-electron chi connectivity index (χ0n) is 12.0. The van der Waals surface area contributed by atoms with Crippen LogP contribution in [0, 0.1) is 5.41 Å². The number of rotatable bonds is 2. The molecule has 1 heterocycles. The highest BCUT2D eigenvalue weighted by Crippen LogP contribution is 2.38. The van der Waals surface area contributed by atoms with E-state index in [-0.39, 0.29) is 13.2 Å². The second kappa shape index (κ2) is 4.70. The van der Waals surface area contributed by atoms with Gasteiger partial charge in [-0.3, -0.25) is 0 Å². The van der Waals surface area contributed by atoms with Crippen molar-refractivity contribution in [1.29, 1.82) is 0 Å². The lowest BCUT2D eigenvalue weighted by molar-refractivity contribution is -0.0819. The number of likely N-dealkylation sites (tertiary alicyclic amines) is 1. The molecule has 5 nitrogen and oxygen atoms in total. The lowest BCUT2D eigenvalue weighted by atomic mass is 9.75. The molecule has 0 aromatic rings. The summed E-state index contributed by atoms with van der Waals surface area (Å²) in [6.45, 7) is 9.56. The van der Waals surface area contributed by atoms with Crippen LogP contribution in [0.1, 0.15) is 41.0 Å². The summed E-state index contributed by atoms with van der Waals surface area (Å²) in [5.74, 6) is 0. The maximum Gasteiger partial charge on any atom is 0.410 e. The van der Waals surface area contributed by atoms with Crippen molar-refractivity contribution in [3.05, 3.63) is 0 Å². The third-order valence-electron chi connectivity index (χ3n) is 3.55. The lowest BCUT2D eigenvalue weighted by Crippen LogP contribution is -2.49. The highest BCUT2D eigenvalue weighted by atomic mass is 16.6. The van der Waals surface area contributed by atoms with E-state index in [1.165, 1.54) is 4.90 Å². The molecule has 18 heavy (non-hydrogen) atoms. The Morgan fingerprint density at radius 1 is 1.33 bits per heavy atom. The van der Waals surface area contributed by atoms with E-state index >= 15 is 0 Å². The van der Waals surface area contributed by atoms with Gasteiger partial charge in [0, 0.05) is 12.0 Å². The Bertz CT molecular complexity index is 321. The average molecular weight is 259 g/mol. The molecule has 0 radical (unpaired) electrons. The summed E-state index contributed by atoms with van der Waals surface area (Å²) in [6.07, 6.45) is 0.0481. The molecule has 0 aromatic heterocycles. The first-order chi connectivity index (χ1) is 8.01. The molecule has 0 aromatic carbocycles. The quantitative estimate of drug-likeness (QED) is 0.786. The molecular formula is C13H25NO4. The van der Waals surface area contributed by atoms with Crippen LogP contribution in [0.4, 0.5) is 4.79 Å². The Morgan fingerprint density at radius 3 is 2.33 bits per heavy atom. The maximum absolute atomic E-state index is 11.9. The molecule has 1 unspecified atom stereocenters. The molecule has 1 aliphatic rings. The van der Waals surface area contributed by atoms with Crippen molar-refractivity contribution in [3.8, 4) is 0 Å². The lowest BCUT2D eigenvalue weighted by Gasteiger charge is -2.38. The largest absolute Gasteiger partial charge is 0.444 e. The molecular weight excluding hydrogens is 234 g/mol. The van der Waals surface area contributed by atoms with Gasteiger partial charge in [0.2, 0.25) is 0 Å². The highest BCUT2D eigenvalue weighted by molar-refractivity contribution is 5.68. The average Bonchev–Trinajstić information content (AvgIpc) is 2.60. The van der Waals surface area contributed by atoms with Crippen molar-refractivity contribution < 1.29 is 19.7 Å². The minimum Gasteiger partial charge on any atom is -0.444 e. The summed E-state index contributed by atoms with van der Waals surface area (Å²) < 4.78 is 5.27. The third-order valence-corrected chi connectivity index (χ3v) is 3.55. The fraction of sp³-hybridized carbons (Fsp3) is 0.923. The Morgan fingerprint density at radius 2 is 1.89 bits per heavy atom. The van der Waals surface area contributed by atoms with Gasteiger partial charge in [0.15, 0.2) is 0 Å². The Labute approximate surface area is 109 Å². The standard InChI is InChI=1S/C13H25NO4/c1-11(2,3)18-10(16)14-7-6-13(17,8-14)12(4,5)9-15/h15,17H,6-9H2,1-5H3. The van der Waals surface area contributed by atoms with Crippen molar-refractivity contribution in [2.45, 2.75) is 52.2 Å². The third kappa shape index (κ3) is 3.14. The van der Waals surface area contributed by atoms with Crippen LogP contribution in [0.5, 0.6) is 0 Å². The number of ether oxygens (including phenoxy) is 1. The summed E-state index contributed by atoms with van der Waals surface area (Å²) in [5, 5.41) is 19.9. The van der Waals surface area contributed by atoms with Crippen LogP contribution in [-0.2, 0) is 4.74 Å². The van der Waals surface area contributed by atoms with E-state index in [9.17, 15) is 15.0 Å². The van der Waals surface area contributed by atoms with Gasteiger partial charge in [-0.25, -0.2) is 4.79 Å². The molecule has 1 amide bonds. The SMILES string of the molecule is CC(C)(C)OC(=O)N1CCC(O)(C(C)(C)CO)C1. The number of amides is 1. The Kier molecular flexibility index (Phi) is 3.98. The van der Waals surface area contributed by atoms with Crippen molar-refractivity contribution in [2.75, 3.05) is 19.7 Å². The predicted molar refractivity (Wildman–Crippen MR) is 68.2 cm³/mol. The van der Waals surface area contributed by atoms with Crippen molar-refractivity contribution in [1.82, 2.24) is 4.90 Å². The molecule has 1 saturated heterocycles. The van der Waals surface area contributed by atoms with Crippen LogP contribution < -0.4 is 0 Å². The fourth-order valence-electron chi connectivity index (χ4n) is 1.98. The number of β-amino-alcohol motifs (C(OH)–C–C–N with tert-alkyl or cyclic N) is 1. The van der Waals surface area contributed by atoms with E-state index < -0.39 is 22.7 Å². The summed E-state index contributed by atoms with van der Waals surface area (Å²) >= 11 is 0. The minimum absolute atomic E-state index is 0.119. The number of nitrogens with zero attached hydrogens (tertiary/aromatic N) is 1. The summed E-state index contributed by atoms with van der Waals surface area (Å²) in [7, 11) is 0. The van der Waals surface area contributed by atoms with Crippen molar-refractivity contribution in [3.63, 3.8) is 0 Å². The van der Waals surface area contributed by atoms with Crippen LogP contribution in [0.2, 0.25) is 0 Å². The van der Waals surface area contributed by atoms with Gasteiger partial charge in [-0.05, 0) is 27.2 Å². The summed E-state index contributed by atoms with van der Waals surface area (Å²) in [5.41, 5.74) is -2.23. The van der Waals surface area contributed by atoms with Gasteiger partial charge in [-0.2, -0.15) is 0 Å². The van der Waals surface area contributed by atoms with Gasteiger partial charge in [-0.1, -0.05) is 13.8 Å². The zero-order chi connectivity index (χ0) is 14.2. The molecule has 0 aliphatic carbocycles. The van der Waals surface area contributed by atoms with Crippen LogP contribution in [0.25, 0.3) is 0 Å². The monoisotopic (exact) mass is 259 g/mol. The van der Waals surface area contributed by atoms with Crippen molar-refractivity contribution >= 4 is 6.09 Å². The van der Waals surface area contributed by atoms with E-state index in [1.54, 1.807) is 13.8 Å². The Balaban J connectivity index is 2.69. The molecule has 5 heteroatoms. The number of aliphatic hydroxyl groups excluding tert-OH is 1. The number of aliphatic hydroxyl groups is 2. The van der Waals surface area contributed by atoms with E-state index in [4.69, 9.17) is 4.74 Å². The minimum atomic E-state index is -1.06. The second-order valence-electron chi connectivity index (χ2n) is 6.73. The second-order valence-corrected chi connectivity index (χ2v) is 6.73. The number of hydrogen-bond donors (Lipinski definition) is 2. The molecule has 106 valence electrons. The smallest absolute Gasteiger partial charge is 0.410 e. The van der Waals surface area contributed by atoms with Gasteiger partial charge < -0.3 is 19.8 Å². The Hall–Kier alpha value is -0.810. The highest BCUT2D eigenvalue weighted by Gasteiger charge is 2.49. The zero-order valence-corrected chi connectivity index (χ0v) is 12.0. The first-order valence-electron chi connectivity index (χ1n) is 6.32. The summed E-state index contributed by atoms with van der Waals surface area (Å²) in [4.78, 5) is 13.4. The first-order valence-corrected chi connectivity index (χ1v) is 6.32. The van der Waals surface area contributed by atoms with Gasteiger partial charge in [-0.15, -0.1) is 0 Å². The topological polar surface area (TPSA) is 70.0 Å². The van der Waals surface area contributed by atoms with Gasteiger partial charge in [0.1, 0.15) is 5.60 Å². The molecule has 2 N–H and O–H groups in total. The fourth-order valence-corrected chi connectivity index (χ4v) is 1.98. The van der Waals surface area contributed by atoms with Crippen LogP contribution >= 0.6 is 0 Å². The van der Waals surface area contributed by atoms with Gasteiger partial charge >= 0.3 is 6.09 Å². The van der Waals surface area contributed by atoms with E-state index in [1.807, 2.05) is 20.8 Å². The van der Waals surface area contributed by atoms with Gasteiger partial charge in [0.05, 0.1) is 18.8 Å². The predicted octanol–water partition coefficient (Wildman–Crippen LogP) is 1.38. The normalized spacial score (nSPS) is 25.4. The molecule has 0 spiro atoms. The molecule has 1 rings (SSSR count). The number of carbonyl (C=O) groups is 1. The van der Waals surface area contributed by atoms with E-state index in [0.29, 0.717) is 13.0 Å². The summed E-state index contributed by atoms with van der Waals surface area (Å²) in [6, 6.07) is 0. The van der Waals surface area contributed by atoms with Crippen LogP contribution in [0.3, 0.4) is 0 Å². The molecule has 1 atom stereocenters. The molecule has 0 bridgehead atoms. The number of carbonyl (C=O) groups excluding carboxylic acids is 1. The van der Waals surface area contributed by atoms with Gasteiger partial charge in [0.25, 0.3) is 0 Å². The maximum atomic E-state index is 11.9. The van der Waals surface area contributed by atoms with Crippen LogP contribution in [0.15, 0.2) is 0 Å². The first kappa shape index (κ1) is 15.2.